The van der Waals surface area contributed by atoms with Gasteiger partial charge in [-0.15, -0.1) is 0 Å². The molecule has 18 heavy (non-hydrogen) atoms. The van der Waals surface area contributed by atoms with Crippen molar-refractivity contribution >= 4 is 12.6 Å². The molecule has 1 aromatic carbocycles. The van der Waals surface area contributed by atoms with Crippen LogP contribution in [0.5, 0.6) is 0 Å². The van der Waals surface area contributed by atoms with Crippen molar-refractivity contribution in [2.45, 2.75) is 51.9 Å². The minimum Gasteiger partial charge on any atom is -0.399 e. The lowest BCUT2D eigenvalue weighted by atomic mass is 9.74. The van der Waals surface area contributed by atoms with Crippen molar-refractivity contribution < 1.29 is 9.31 Å². The largest absolute Gasteiger partial charge is 0.495 e. The third kappa shape index (κ3) is 2.20. The first-order chi connectivity index (χ1) is 8.24. The van der Waals surface area contributed by atoms with Gasteiger partial charge in [0.1, 0.15) is 0 Å². The molecule has 1 aromatic rings. The fraction of sp³-hybridized carbons (Fsp3) is 0.571. The maximum absolute atomic E-state index is 6.06. The Balaban J connectivity index is 2.35. The van der Waals surface area contributed by atoms with Gasteiger partial charge in [0, 0.05) is 6.04 Å². The van der Waals surface area contributed by atoms with Gasteiger partial charge in [-0.2, -0.15) is 0 Å². The molecule has 1 aliphatic rings. The summed E-state index contributed by atoms with van der Waals surface area (Å²) >= 11 is 0. The van der Waals surface area contributed by atoms with E-state index in [2.05, 4.69) is 27.7 Å². The van der Waals surface area contributed by atoms with E-state index in [0.29, 0.717) is 0 Å². The van der Waals surface area contributed by atoms with Crippen molar-refractivity contribution in [3.8, 4) is 0 Å². The summed E-state index contributed by atoms with van der Waals surface area (Å²) < 4.78 is 12.1. The number of rotatable bonds is 2. The van der Waals surface area contributed by atoms with Crippen LogP contribution in [-0.4, -0.2) is 18.3 Å². The van der Waals surface area contributed by atoms with Crippen molar-refractivity contribution in [3.63, 3.8) is 0 Å². The number of hydrogen-bond acceptors (Lipinski definition) is 3. The molecule has 3 nitrogen and oxygen atoms in total. The predicted octanol–water partition coefficient (Wildman–Crippen LogP) is 2.01. The summed E-state index contributed by atoms with van der Waals surface area (Å²) in [5.41, 5.74) is 7.49. The van der Waals surface area contributed by atoms with Crippen LogP contribution < -0.4 is 11.2 Å². The van der Waals surface area contributed by atoms with E-state index >= 15 is 0 Å². The first-order valence-corrected chi connectivity index (χ1v) is 6.45. The highest BCUT2D eigenvalue weighted by molar-refractivity contribution is 6.62. The van der Waals surface area contributed by atoms with Gasteiger partial charge in [0.15, 0.2) is 0 Å². The SMILES string of the molecule is CC(N)c1ccccc1B1OC(C)(C)C(C)(C)O1. The summed E-state index contributed by atoms with van der Waals surface area (Å²) in [6.07, 6.45) is 0. The molecule has 2 rings (SSSR count). The highest BCUT2D eigenvalue weighted by atomic mass is 16.7. The summed E-state index contributed by atoms with van der Waals surface area (Å²) in [7, 11) is -0.336. The summed E-state index contributed by atoms with van der Waals surface area (Å²) in [4.78, 5) is 0. The maximum Gasteiger partial charge on any atom is 0.495 e. The van der Waals surface area contributed by atoms with Crippen molar-refractivity contribution in [1.82, 2.24) is 0 Å². The molecule has 2 N–H and O–H groups in total. The molecule has 1 aliphatic heterocycles. The Hall–Kier alpha value is -0.835. The summed E-state index contributed by atoms with van der Waals surface area (Å²) in [5.74, 6) is 0. The van der Waals surface area contributed by atoms with Gasteiger partial charge in [0.25, 0.3) is 0 Å². The van der Waals surface area contributed by atoms with Crippen LogP contribution in [0, 0.1) is 0 Å². The summed E-state index contributed by atoms with van der Waals surface area (Å²) in [6, 6.07) is 8.02. The highest BCUT2D eigenvalue weighted by Crippen LogP contribution is 2.36. The molecule has 1 unspecified atom stereocenters. The normalized spacial score (nSPS) is 23.1. The number of benzene rings is 1. The van der Waals surface area contributed by atoms with Crippen LogP contribution in [0.15, 0.2) is 24.3 Å². The molecule has 0 spiro atoms. The Morgan fingerprint density at radius 2 is 1.56 bits per heavy atom. The average molecular weight is 247 g/mol. The molecule has 4 heteroatoms. The molecule has 0 saturated carbocycles. The molecular formula is C14H22BNO2. The topological polar surface area (TPSA) is 44.5 Å². The molecule has 0 bridgehead atoms. The van der Waals surface area contributed by atoms with Gasteiger partial charge in [0.2, 0.25) is 0 Å². The van der Waals surface area contributed by atoms with Crippen LogP contribution >= 0.6 is 0 Å². The van der Waals surface area contributed by atoms with Gasteiger partial charge in [0.05, 0.1) is 11.2 Å². The quantitative estimate of drug-likeness (QED) is 0.813. The third-order valence-electron chi connectivity index (χ3n) is 3.99. The Labute approximate surface area is 110 Å². The Morgan fingerprint density at radius 1 is 1.06 bits per heavy atom. The van der Waals surface area contributed by atoms with E-state index in [1.54, 1.807) is 0 Å². The van der Waals surface area contributed by atoms with Gasteiger partial charge in [-0.05, 0) is 45.6 Å². The minimum absolute atomic E-state index is 0.0276. The third-order valence-corrected chi connectivity index (χ3v) is 3.99. The van der Waals surface area contributed by atoms with Crippen LogP contribution in [0.25, 0.3) is 0 Å². The van der Waals surface area contributed by atoms with Crippen LogP contribution in [0.3, 0.4) is 0 Å². The fourth-order valence-electron chi connectivity index (χ4n) is 2.11. The lowest BCUT2D eigenvalue weighted by Gasteiger charge is -2.32. The van der Waals surface area contributed by atoms with E-state index in [1.165, 1.54) is 0 Å². The molecule has 1 fully saturated rings. The second-order valence-electron chi connectivity index (χ2n) is 6.01. The predicted molar refractivity (Wildman–Crippen MR) is 74.8 cm³/mol. The van der Waals surface area contributed by atoms with Crippen molar-refractivity contribution in [1.29, 1.82) is 0 Å². The average Bonchev–Trinajstić information content (AvgIpc) is 2.48. The van der Waals surface area contributed by atoms with Gasteiger partial charge in [-0.3, -0.25) is 0 Å². The van der Waals surface area contributed by atoms with Crippen LogP contribution in [0.1, 0.15) is 46.2 Å². The first kappa shape index (κ1) is 13.6. The second-order valence-corrected chi connectivity index (χ2v) is 6.01. The Bertz CT molecular complexity index is 427. The molecule has 0 radical (unpaired) electrons. The zero-order valence-corrected chi connectivity index (χ0v) is 11.9. The maximum atomic E-state index is 6.06. The van der Waals surface area contributed by atoms with Crippen LogP contribution in [-0.2, 0) is 9.31 Å². The van der Waals surface area contributed by atoms with E-state index in [1.807, 2.05) is 31.2 Å². The van der Waals surface area contributed by atoms with Gasteiger partial charge in [-0.1, -0.05) is 24.3 Å². The van der Waals surface area contributed by atoms with Gasteiger partial charge < -0.3 is 15.0 Å². The Kier molecular flexibility index (Phi) is 3.30. The lowest BCUT2D eigenvalue weighted by molar-refractivity contribution is 0.00578. The van der Waals surface area contributed by atoms with Crippen LogP contribution in [0.4, 0.5) is 0 Å². The van der Waals surface area contributed by atoms with E-state index in [0.717, 1.165) is 11.0 Å². The van der Waals surface area contributed by atoms with E-state index in [-0.39, 0.29) is 24.4 Å². The monoisotopic (exact) mass is 247 g/mol. The van der Waals surface area contributed by atoms with Crippen molar-refractivity contribution in [3.05, 3.63) is 29.8 Å². The standard InChI is InChI=1S/C14H22BNO2/c1-10(16)11-8-6-7-9-12(11)15-17-13(2,3)14(4,5)18-15/h6-10H,16H2,1-5H3. The molecule has 1 atom stereocenters. The van der Waals surface area contributed by atoms with Gasteiger partial charge >= 0.3 is 7.12 Å². The summed E-state index contributed by atoms with van der Waals surface area (Å²) in [6.45, 7) is 10.2. The molecule has 1 heterocycles. The van der Waals surface area contributed by atoms with Crippen molar-refractivity contribution in [2.75, 3.05) is 0 Å². The molecule has 1 saturated heterocycles. The van der Waals surface area contributed by atoms with Gasteiger partial charge in [-0.25, -0.2) is 0 Å². The fourth-order valence-corrected chi connectivity index (χ4v) is 2.11. The number of hydrogen-bond donors (Lipinski definition) is 1. The number of nitrogens with two attached hydrogens (primary N) is 1. The molecule has 0 aliphatic carbocycles. The van der Waals surface area contributed by atoms with E-state index in [4.69, 9.17) is 15.0 Å². The highest BCUT2D eigenvalue weighted by Gasteiger charge is 2.52. The smallest absolute Gasteiger partial charge is 0.399 e. The minimum atomic E-state index is -0.336. The lowest BCUT2D eigenvalue weighted by Crippen LogP contribution is -2.41. The molecular weight excluding hydrogens is 225 g/mol. The molecule has 0 amide bonds. The molecule has 0 aromatic heterocycles. The zero-order valence-electron chi connectivity index (χ0n) is 11.9. The summed E-state index contributed by atoms with van der Waals surface area (Å²) in [5, 5.41) is 0. The zero-order chi connectivity index (χ0) is 13.6. The molecule has 98 valence electrons. The first-order valence-electron chi connectivity index (χ1n) is 6.45. The second kappa shape index (κ2) is 4.37. The van der Waals surface area contributed by atoms with Crippen molar-refractivity contribution in [2.24, 2.45) is 5.73 Å². The Morgan fingerprint density at radius 3 is 2.06 bits per heavy atom. The van der Waals surface area contributed by atoms with Crippen LogP contribution in [0.2, 0.25) is 0 Å². The van der Waals surface area contributed by atoms with E-state index < -0.39 is 0 Å². The van der Waals surface area contributed by atoms with E-state index in [9.17, 15) is 0 Å².